The molecule has 4 heteroatoms. The Morgan fingerprint density at radius 1 is 1.21 bits per heavy atom. The molecule has 14 heavy (non-hydrogen) atoms. The topological polar surface area (TPSA) is 69.9 Å². The molecule has 3 atom stereocenters. The third-order valence-corrected chi connectivity index (χ3v) is 2.08. The maximum absolute atomic E-state index is 9.61. The van der Waals surface area contributed by atoms with Gasteiger partial charge in [-0.15, -0.1) is 0 Å². The van der Waals surface area contributed by atoms with E-state index in [1.165, 1.54) is 7.11 Å². The number of aliphatic hydroxyl groups is 3. The van der Waals surface area contributed by atoms with Crippen molar-refractivity contribution >= 4 is 0 Å². The van der Waals surface area contributed by atoms with Crippen molar-refractivity contribution in [3.8, 4) is 0 Å². The Balaban J connectivity index is 4.26. The molecule has 86 valence electrons. The zero-order chi connectivity index (χ0) is 11.4. The van der Waals surface area contributed by atoms with Crippen LogP contribution in [0.5, 0.6) is 0 Å². The average molecular weight is 206 g/mol. The van der Waals surface area contributed by atoms with Gasteiger partial charge >= 0.3 is 0 Å². The van der Waals surface area contributed by atoms with Gasteiger partial charge in [0, 0.05) is 7.11 Å². The standard InChI is InChI=1S/C10H22O4/c1-10(2,3)5-8(14-4)9(13)7(12)6-11/h7-9,11-13H,5-6H2,1-4H3/t7-,8+,9+/m1/s1. The van der Waals surface area contributed by atoms with Crippen LogP contribution in [-0.2, 0) is 4.74 Å². The van der Waals surface area contributed by atoms with Gasteiger partial charge < -0.3 is 20.1 Å². The Labute approximate surface area is 85.5 Å². The maximum Gasteiger partial charge on any atom is 0.108 e. The largest absolute Gasteiger partial charge is 0.394 e. The minimum atomic E-state index is -1.14. The van der Waals surface area contributed by atoms with E-state index in [1.54, 1.807) is 0 Å². The zero-order valence-corrected chi connectivity index (χ0v) is 9.40. The Bertz CT molecular complexity index is 153. The fourth-order valence-electron chi connectivity index (χ4n) is 1.30. The molecule has 0 heterocycles. The van der Waals surface area contributed by atoms with Crippen molar-refractivity contribution in [3.05, 3.63) is 0 Å². The predicted octanol–water partition coefficient (Wildman–Crippen LogP) is 0.152. The second-order valence-electron chi connectivity index (χ2n) is 4.78. The van der Waals surface area contributed by atoms with Gasteiger partial charge in [-0.05, 0) is 11.8 Å². The minimum Gasteiger partial charge on any atom is -0.394 e. The van der Waals surface area contributed by atoms with Gasteiger partial charge in [0.2, 0.25) is 0 Å². The molecule has 0 aromatic heterocycles. The Kier molecular flexibility index (Phi) is 5.59. The van der Waals surface area contributed by atoms with Crippen LogP contribution in [0, 0.1) is 5.41 Å². The van der Waals surface area contributed by atoms with E-state index in [2.05, 4.69) is 0 Å². The number of hydrogen-bond donors (Lipinski definition) is 3. The van der Waals surface area contributed by atoms with Gasteiger partial charge in [0.05, 0.1) is 12.7 Å². The van der Waals surface area contributed by atoms with Gasteiger partial charge in [-0.25, -0.2) is 0 Å². The summed E-state index contributed by atoms with van der Waals surface area (Å²) >= 11 is 0. The van der Waals surface area contributed by atoms with Crippen LogP contribution in [0.25, 0.3) is 0 Å². The number of rotatable bonds is 5. The third-order valence-electron chi connectivity index (χ3n) is 2.08. The lowest BCUT2D eigenvalue weighted by molar-refractivity contribution is -0.0998. The molecule has 0 aromatic carbocycles. The van der Waals surface area contributed by atoms with Crippen molar-refractivity contribution in [2.45, 2.75) is 45.5 Å². The van der Waals surface area contributed by atoms with Crippen molar-refractivity contribution in [3.63, 3.8) is 0 Å². The summed E-state index contributed by atoms with van der Waals surface area (Å²) in [6.45, 7) is 5.62. The van der Waals surface area contributed by atoms with Crippen LogP contribution >= 0.6 is 0 Å². The van der Waals surface area contributed by atoms with Gasteiger partial charge in [0.25, 0.3) is 0 Å². The molecule has 0 aliphatic carbocycles. The molecule has 0 radical (unpaired) electrons. The lowest BCUT2D eigenvalue weighted by Crippen LogP contribution is -2.42. The molecule has 0 fully saturated rings. The number of ether oxygens (including phenoxy) is 1. The Morgan fingerprint density at radius 2 is 1.71 bits per heavy atom. The first-order chi connectivity index (χ1) is 6.31. The second-order valence-corrected chi connectivity index (χ2v) is 4.78. The van der Waals surface area contributed by atoms with E-state index in [1.807, 2.05) is 20.8 Å². The summed E-state index contributed by atoms with van der Waals surface area (Å²) in [5, 5.41) is 27.5. The highest BCUT2D eigenvalue weighted by Gasteiger charge is 2.29. The Morgan fingerprint density at radius 3 is 2.00 bits per heavy atom. The van der Waals surface area contributed by atoms with Crippen LogP contribution in [-0.4, -0.2) is 47.3 Å². The molecule has 0 saturated heterocycles. The quantitative estimate of drug-likeness (QED) is 0.599. The van der Waals surface area contributed by atoms with Gasteiger partial charge in [-0.1, -0.05) is 20.8 Å². The summed E-state index contributed by atoms with van der Waals surface area (Å²) in [5.74, 6) is 0. The lowest BCUT2D eigenvalue weighted by atomic mass is 9.86. The maximum atomic E-state index is 9.61. The number of methoxy groups -OCH3 is 1. The highest BCUT2D eigenvalue weighted by atomic mass is 16.5. The van der Waals surface area contributed by atoms with Crippen molar-refractivity contribution in [1.82, 2.24) is 0 Å². The fourth-order valence-corrected chi connectivity index (χ4v) is 1.30. The van der Waals surface area contributed by atoms with Crippen LogP contribution in [0.1, 0.15) is 27.2 Å². The minimum absolute atomic E-state index is 0.0107. The molecule has 0 aliphatic heterocycles. The zero-order valence-electron chi connectivity index (χ0n) is 9.40. The normalized spacial score (nSPS) is 19.1. The lowest BCUT2D eigenvalue weighted by Gasteiger charge is -2.30. The predicted molar refractivity (Wildman–Crippen MR) is 54.0 cm³/mol. The molecule has 3 N–H and O–H groups in total. The van der Waals surface area contributed by atoms with Crippen molar-refractivity contribution < 1.29 is 20.1 Å². The summed E-state index contributed by atoms with van der Waals surface area (Å²) < 4.78 is 5.09. The molecule has 0 aromatic rings. The monoisotopic (exact) mass is 206 g/mol. The molecule has 0 saturated carbocycles. The first kappa shape index (κ1) is 13.8. The van der Waals surface area contributed by atoms with Crippen LogP contribution in [0.3, 0.4) is 0 Å². The summed E-state index contributed by atoms with van der Waals surface area (Å²) in [6.07, 6.45) is -1.99. The first-order valence-electron chi connectivity index (χ1n) is 4.81. The van der Waals surface area contributed by atoms with E-state index in [4.69, 9.17) is 9.84 Å². The summed E-state index contributed by atoms with van der Waals surface area (Å²) in [6, 6.07) is 0. The van der Waals surface area contributed by atoms with E-state index in [0.29, 0.717) is 6.42 Å². The van der Waals surface area contributed by atoms with Gasteiger partial charge in [0.15, 0.2) is 0 Å². The smallest absolute Gasteiger partial charge is 0.108 e. The van der Waals surface area contributed by atoms with Crippen LogP contribution < -0.4 is 0 Å². The SMILES string of the molecule is CO[C@@H](CC(C)(C)C)[C@@H](O)[C@H](O)CO. The summed E-state index contributed by atoms with van der Waals surface area (Å²) in [4.78, 5) is 0. The molecule has 0 spiro atoms. The van der Waals surface area contributed by atoms with E-state index in [9.17, 15) is 10.2 Å². The van der Waals surface area contributed by atoms with Crippen molar-refractivity contribution in [1.29, 1.82) is 0 Å². The van der Waals surface area contributed by atoms with Crippen LogP contribution in [0.2, 0.25) is 0 Å². The molecule has 0 aliphatic rings. The average Bonchev–Trinajstić information content (AvgIpc) is 2.10. The van der Waals surface area contributed by atoms with Crippen molar-refractivity contribution in [2.75, 3.05) is 13.7 Å². The molecular weight excluding hydrogens is 184 g/mol. The summed E-state index contributed by atoms with van der Waals surface area (Å²) in [7, 11) is 1.49. The van der Waals surface area contributed by atoms with Crippen molar-refractivity contribution in [2.24, 2.45) is 5.41 Å². The number of aliphatic hydroxyl groups excluding tert-OH is 3. The van der Waals surface area contributed by atoms with E-state index in [-0.39, 0.29) is 5.41 Å². The first-order valence-corrected chi connectivity index (χ1v) is 4.81. The third kappa shape index (κ3) is 4.91. The highest BCUT2D eigenvalue weighted by Crippen LogP contribution is 2.24. The van der Waals surface area contributed by atoms with E-state index in [0.717, 1.165) is 0 Å². The summed E-state index contributed by atoms with van der Waals surface area (Å²) in [5.41, 5.74) is 0.0107. The van der Waals surface area contributed by atoms with Gasteiger partial charge in [0.1, 0.15) is 12.2 Å². The van der Waals surface area contributed by atoms with E-state index >= 15 is 0 Å². The highest BCUT2D eigenvalue weighted by molar-refractivity contribution is 4.80. The number of hydrogen-bond acceptors (Lipinski definition) is 4. The van der Waals surface area contributed by atoms with Crippen LogP contribution in [0.15, 0.2) is 0 Å². The van der Waals surface area contributed by atoms with Gasteiger partial charge in [-0.3, -0.25) is 0 Å². The molecule has 0 rings (SSSR count). The van der Waals surface area contributed by atoms with Crippen LogP contribution in [0.4, 0.5) is 0 Å². The second kappa shape index (κ2) is 5.66. The molecule has 4 nitrogen and oxygen atoms in total. The fraction of sp³-hybridized carbons (Fsp3) is 1.00. The molecule has 0 amide bonds. The molecule has 0 bridgehead atoms. The van der Waals surface area contributed by atoms with E-state index < -0.39 is 24.9 Å². The molecular formula is C10H22O4. The molecule has 0 unspecified atom stereocenters. The van der Waals surface area contributed by atoms with Gasteiger partial charge in [-0.2, -0.15) is 0 Å². The Hall–Kier alpha value is -0.160.